The number of hydrogen-bond acceptors (Lipinski definition) is 3. The van der Waals surface area contributed by atoms with Crippen molar-refractivity contribution in [2.24, 2.45) is 0 Å². The zero-order chi connectivity index (χ0) is 18.1. The van der Waals surface area contributed by atoms with Gasteiger partial charge < -0.3 is 10.2 Å². The molecule has 133 valence electrons. The number of benzene rings is 2. The standard InChI is InChI=1S/C22H24N3O/c1-15-5-3-6-18(16(15)2)24-17-10-13-25(14-11-17)20-8-4-7-19-22(20)21(26)9-12-23-19/h3-9,12,17,24H,10-11,13-14H2,1-2H3. The summed E-state index contributed by atoms with van der Waals surface area (Å²) in [5.74, 6) is 0.0567. The van der Waals surface area contributed by atoms with Crippen LogP contribution >= 0.6 is 0 Å². The number of hydrogen-bond donors (Lipinski definition) is 1. The van der Waals surface area contributed by atoms with E-state index in [1.54, 1.807) is 12.3 Å². The molecule has 0 saturated carbocycles. The van der Waals surface area contributed by atoms with Crippen LogP contribution in [0, 0.1) is 13.8 Å². The topological polar surface area (TPSA) is 48.1 Å². The Labute approximate surface area is 154 Å². The van der Waals surface area contributed by atoms with Crippen molar-refractivity contribution in [3.05, 3.63) is 59.8 Å². The van der Waals surface area contributed by atoms with Gasteiger partial charge in [-0.1, -0.05) is 18.2 Å². The number of piperidine rings is 1. The van der Waals surface area contributed by atoms with Crippen LogP contribution < -0.4 is 10.2 Å². The number of pyridine rings is 1. The molecular weight excluding hydrogens is 322 g/mol. The Bertz CT molecular complexity index is 925. The van der Waals surface area contributed by atoms with Crippen LogP contribution in [0.2, 0.25) is 0 Å². The fraction of sp³-hybridized carbons (Fsp3) is 0.318. The maximum absolute atomic E-state index is 12.3. The molecule has 0 amide bonds. The highest BCUT2D eigenvalue weighted by molar-refractivity contribution is 5.96. The van der Waals surface area contributed by atoms with E-state index < -0.39 is 0 Å². The van der Waals surface area contributed by atoms with Crippen molar-refractivity contribution in [2.75, 3.05) is 23.3 Å². The van der Waals surface area contributed by atoms with Crippen molar-refractivity contribution < 1.29 is 5.11 Å². The summed E-state index contributed by atoms with van der Waals surface area (Å²) in [6.45, 7) is 6.20. The van der Waals surface area contributed by atoms with Gasteiger partial charge in [-0.25, -0.2) is 0 Å². The summed E-state index contributed by atoms with van der Waals surface area (Å²) < 4.78 is 0. The highest BCUT2D eigenvalue weighted by Crippen LogP contribution is 2.34. The maximum atomic E-state index is 12.3. The van der Waals surface area contributed by atoms with Crippen molar-refractivity contribution in [3.63, 3.8) is 0 Å². The van der Waals surface area contributed by atoms with Gasteiger partial charge in [-0.05, 0) is 56.0 Å². The van der Waals surface area contributed by atoms with E-state index >= 15 is 0 Å². The molecule has 26 heavy (non-hydrogen) atoms. The Morgan fingerprint density at radius 3 is 2.62 bits per heavy atom. The van der Waals surface area contributed by atoms with Crippen LogP contribution in [0.25, 0.3) is 10.9 Å². The zero-order valence-electron chi connectivity index (χ0n) is 15.3. The van der Waals surface area contributed by atoms with Gasteiger partial charge in [-0.15, -0.1) is 0 Å². The molecule has 4 rings (SSSR count). The summed E-state index contributed by atoms with van der Waals surface area (Å²) in [6, 6.07) is 14.4. The number of anilines is 2. The number of aryl methyl sites for hydroxylation is 1. The molecule has 3 aromatic rings. The third-order valence-corrected chi connectivity index (χ3v) is 5.51. The SMILES string of the molecule is Cc1cccc(NC2CCN(c3cccc4nccc([O])c34)CC2)c1C. The number of nitrogens with zero attached hydrogens (tertiary/aromatic N) is 2. The number of aromatic nitrogens is 1. The van der Waals surface area contributed by atoms with Gasteiger partial charge in [-0.2, -0.15) is 0 Å². The van der Waals surface area contributed by atoms with Gasteiger partial charge in [-0.3, -0.25) is 10.1 Å². The van der Waals surface area contributed by atoms with E-state index in [1.165, 1.54) is 16.8 Å². The normalized spacial score (nSPS) is 15.4. The molecule has 0 bridgehead atoms. The molecule has 4 nitrogen and oxygen atoms in total. The molecule has 1 fully saturated rings. The average molecular weight is 346 g/mol. The van der Waals surface area contributed by atoms with Gasteiger partial charge in [0.25, 0.3) is 0 Å². The molecule has 1 radical (unpaired) electrons. The summed E-state index contributed by atoms with van der Waals surface area (Å²) >= 11 is 0. The van der Waals surface area contributed by atoms with Gasteiger partial charge in [0, 0.05) is 37.1 Å². The lowest BCUT2D eigenvalue weighted by atomic mass is 10.0. The summed E-state index contributed by atoms with van der Waals surface area (Å²) in [5, 5.41) is 16.8. The van der Waals surface area contributed by atoms with Gasteiger partial charge in [0.15, 0.2) is 5.75 Å². The molecule has 0 atom stereocenters. The fourth-order valence-corrected chi connectivity index (χ4v) is 3.81. The van der Waals surface area contributed by atoms with Crippen LogP contribution in [0.3, 0.4) is 0 Å². The van der Waals surface area contributed by atoms with E-state index in [4.69, 9.17) is 0 Å². The first-order chi connectivity index (χ1) is 12.6. The third kappa shape index (κ3) is 3.07. The lowest BCUT2D eigenvalue weighted by Gasteiger charge is -2.35. The molecule has 1 aliphatic heterocycles. The monoisotopic (exact) mass is 346 g/mol. The molecule has 2 aromatic carbocycles. The van der Waals surface area contributed by atoms with Crippen molar-refractivity contribution in [1.29, 1.82) is 0 Å². The maximum Gasteiger partial charge on any atom is 0.191 e. The first-order valence-electron chi connectivity index (χ1n) is 9.26. The fourth-order valence-electron chi connectivity index (χ4n) is 3.81. The minimum atomic E-state index is 0.0567. The van der Waals surface area contributed by atoms with Crippen molar-refractivity contribution in [2.45, 2.75) is 32.7 Å². The minimum absolute atomic E-state index is 0.0567. The Morgan fingerprint density at radius 2 is 1.81 bits per heavy atom. The highest BCUT2D eigenvalue weighted by Gasteiger charge is 2.22. The second-order valence-corrected chi connectivity index (χ2v) is 7.13. The molecule has 1 aromatic heterocycles. The molecule has 0 spiro atoms. The van der Waals surface area contributed by atoms with Crippen LogP contribution in [0.4, 0.5) is 11.4 Å². The highest BCUT2D eigenvalue weighted by atomic mass is 16.3. The predicted molar refractivity (Wildman–Crippen MR) is 107 cm³/mol. The van der Waals surface area contributed by atoms with Crippen molar-refractivity contribution in [3.8, 4) is 5.75 Å². The van der Waals surface area contributed by atoms with E-state index in [0.29, 0.717) is 6.04 Å². The molecule has 0 aliphatic carbocycles. The van der Waals surface area contributed by atoms with Crippen LogP contribution in [-0.4, -0.2) is 24.1 Å². The zero-order valence-corrected chi connectivity index (χ0v) is 15.3. The van der Waals surface area contributed by atoms with E-state index in [0.717, 1.165) is 42.5 Å². The molecule has 1 N–H and O–H groups in total. The smallest absolute Gasteiger partial charge is 0.191 e. The second kappa shape index (κ2) is 6.87. The Kier molecular flexibility index (Phi) is 4.41. The van der Waals surface area contributed by atoms with Crippen LogP contribution in [0.15, 0.2) is 48.7 Å². The lowest BCUT2D eigenvalue weighted by Crippen LogP contribution is -2.39. The van der Waals surface area contributed by atoms with Gasteiger partial charge >= 0.3 is 0 Å². The largest absolute Gasteiger partial charge is 0.382 e. The van der Waals surface area contributed by atoms with Crippen LogP contribution in [0.5, 0.6) is 5.75 Å². The predicted octanol–water partition coefficient (Wildman–Crippen LogP) is 5.08. The average Bonchev–Trinajstić information content (AvgIpc) is 2.66. The molecule has 1 saturated heterocycles. The first kappa shape index (κ1) is 16.7. The van der Waals surface area contributed by atoms with Crippen LogP contribution in [-0.2, 0) is 5.11 Å². The Hall–Kier alpha value is -2.75. The third-order valence-electron chi connectivity index (χ3n) is 5.51. The van der Waals surface area contributed by atoms with Crippen molar-refractivity contribution >= 4 is 22.3 Å². The molecule has 2 heterocycles. The summed E-state index contributed by atoms with van der Waals surface area (Å²) in [7, 11) is 0. The number of nitrogens with one attached hydrogen (secondary N) is 1. The van der Waals surface area contributed by atoms with E-state index in [9.17, 15) is 5.11 Å². The summed E-state index contributed by atoms with van der Waals surface area (Å²) in [4.78, 5) is 6.67. The quantitative estimate of drug-likeness (QED) is 0.720. The van der Waals surface area contributed by atoms with E-state index in [1.807, 2.05) is 18.2 Å². The summed E-state index contributed by atoms with van der Waals surface area (Å²) in [5.41, 5.74) is 5.68. The van der Waals surface area contributed by atoms with Gasteiger partial charge in [0.1, 0.15) is 0 Å². The van der Waals surface area contributed by atoms with E-state index in [-0.39, 0.29) is 5.75 Å². The number of fused-ring (bicyclic) bond motifs is 1. The second-order valence-electron chi connectivity index (χ2n) is 7.13. The Morgan fingerprint density at radius 1 is 1.04 bits per heavy atom. The van der Waals surface area contributed by atoms with Crippen molar-refractivity contribution in [1.82, 2.24) is 4.98 Å². The van der Waals surface area contributed by atoms with Gasteiger partial charge in [0.2, 0.25) is 0 Å². The molecular formula is C22H24N3O. The van der Waals surface area contributed by atoms with E-state index in [2.05, 4.69) is 47.2 Å². The first-order valence-corrected chi connectivity index (χ1v) is 9.26. The van der Waals surface area contributed by atoms with Crippen LogP contribution in [0.1, 0.15) is 24.0 Å². The minimum Gasteiger partial charge on any atom is -0.382 e. The van der Waals surface area contributed by atoms with Gasteiger partial charge in [0.05, 0.1) is 16.6 Å². The molecule has 0 unspecified atom stereocenters. The summed E-state index contributed by atoms with van der Waals surface area (Å²) in [6.07, 6.45) is 3.70. The number of rotatable bonds is 3. The molecule has 1 aliphatic rings. The Balaban J connectivity index is 1.50. The lowest BCUT2D eigenvalue weighted by molar-refractivity contribution is 0.360. The molecule has 4 heteroatoms.